The van der Waals surface area contributed by atoms with Crippen LogP contribution in [-0.4, -0.2) is 37.6 Å². The lowest BCUT2D eigenvalue weighted by atomic mass is 10.00. The molecule has 0 spiro atoms. The van der Waals surface area contributed by atoms with Gasteiger partial charge in [-0.15, -0.1) is 0 Å². The molecule has 4 heterocycles. The number of hydrogen-bond donors (Lipinski definition) is 0. The summed E-state index contributed by atoms with van der Waals surface area (Å²) in [6, 6.07) is 13.6. The molecule has 2 aliphatic heterocycles. The predicted molar refractivity (Wildman–Crippen MR) is 142 cm³/mol. The van der Waals surface area contributed by atoms with Crippen LogP contribution in [0.5, 0.6) is 0 Å². The normalized spacial score (nSPS) is 20.1. The van der Waals surface area contributed by atoms with Crippen LogP contribution in [0.1, 0.15) is 36.5 Å². The van der Waals surface area contributed by atoms with Crippen LogP contribution in [0.3, 0.4) is 0 Å². The van der Waals surface area contributed by atoms with Crippen LogP contribution in [0.15, 0.2) is 58.4 Å². The number of hydrogen-bond acceptors (Lipinski definition) is 6. The van der Waals surface area contributed by atoms with Gasteiger partial charge >= 0.3 is 0 Å². The number of anilines is 1. The number of pyridine rings is 1. The molecule has 0 N–H and O–H groups in total. The number of amides is 1. The van der Waals surface area contributed by atoms with E-state index in [-0.39, 0.29) is 11.5 Å². The van der Waals surface area contributed by atoms with E-state index in [1.807, 2.05) is 49.4 Å². The van der Waals surface area contributed by atoms with Crippen LogP contribution in [0.4, 0.5) is 5.82 Å². The molecule has 0 unspecified atom stereocenters. The number of aryl methyl sites for hydroxylation is 1. The number of thioether (sulfide) groups is 1. The van der Waals surface area contributed by atoms with Crippen molar-refractivity contribution in [1.29, 1.82) is 0 Å². The summed E-state index contributed by atoms with van der Waals surface area (Å²) in [4.78, 5) is 35.9. The smallest absolute Gasteiger partial charge is 0.267 e. The lowest BCUT2D eigenvalue weighted by Gasteiger charge is -2.32. The lowest BCUT2D eigenvalue weighted by molar-refractivity contribution is -0.122. The van der Waals surface area contributed by atoms with E-state index in [1.54, 1.807) is 17.2 Å². The van der Waals surface area contributed by atoms with Gasteiger partial charge in [0, 0.05) is 19.3 Å². The number of carbonyl (C=O) groups excluding carboxylic acids is 1. The molecule has 174 valence electrons. The highest BCUT2D eigenvalue weighted by atomic mass is 32.2. The van der Waals surface area contributed by atoms with Gasteiger partial charge in [-0.05, 0) is 49.5 Å². The van der Waals surface area contributed by atoms with Gasteiger partial charge < -0.3 is 4.90 Å². The molecule has 8 heteroatoms. The second-order valence-corrected chi connectivity index (χ2v) is 10.7. The van der Waals surface area contributed by atoms with Gasteiger partial charge in [0.1, 0.15) is 15.8 Å². The van der Waals surface area contributed by atoms with Crippen molar-refractivity contribution in [3.8, 4) is 0 Å². The molecule has 0 bridgehead atoms. The zero-order valence-corrected chi connectivity index (χ0v) is 20.9. The van der Waals surface area contributed by atoms with E-state index in [0.717, 1.165) is 37.1 Å². The molecule has 2 saturated heterocycles. The minimum atomic E-state index is -0.178. The predicted octanol–water partition coefficient (Wildman–Crippen LogP) is 4.64. The highest BCUT2D eigenvalue weighted by Gasteiger charge is 2.33. The van der Waals surface area contributed by atoms with E-state index in [2.05, 4.69) is 11.8 Å². The Morgan fingerprint density at radius 1 is 1.18 bits per heavy atom. The number of benzene rings is 1. The van der Waals surface area contributed by atoms with E-state index in [4.69, 9.17) is 17.2 Å². The number of piperidine rings is 1. The van der Waals surface area contributed by atoms with Crippen molar-refractivity contribution in [2.24, 2.45) is 5.92 Å². The largest absolute Gasteiger partial charge is 0.356 e. The van der Waals surface area contributed by atoms with Crippen molar-refractivity contribution in [1.82, 2.24) is 14.3 Å². The first kappa shape index (κ1) is 22.8. The van der Waals surface area contributed by atoms with Crippen molar-refractivity contribution in [2.45, 2.75) is 33.2 Å². The monoisotopic (exact) mass is 490 g/mol. The average molecular weight is 491 g/mol. The number of thiocarbonyl (C=S) groups is 1. The molecule has 0 radical (unpaired) electrons. The first-order chi connectivity index (χ1) is 16.4. The summed E-state index contributed by atoms with van der Waals surface area (Å²) in [5.74, 6) is 0.989. The fraction of sp³-hybridized carbons (Fsp3) is 0.308. The zero-order chi connectivity index (χ0) is 23.8. The molecule has 1 aromatic carbocycles. The molecule has 0 aliphatic carbocycles. The van der Waals surface area contributed by atoms with Crippen molar-refractivity contribution >= 4 is 51.7 Å². The van der Waals surface area contributed by atoms with Crippen LogP contribution in [0.2, 0.25) is 0 Å². The third-order valence-electron chi connectivity index (χ3n) is 6.32. The summed E-state index contributed by atoms with van der Waals surface area (Å²) in [5.41, 5.74) is 3.04. The quantitative estimate of drug-likeness (QED) is 0.392. The Morgan fingerprint density at radius 3 is 2.74 bits per heavy atom. The molecule has 34 heavy (non-hydrogen) atoms. The van der Waals surface area contributed by atoms with Crippen LogP contribution >= 0.6 is 24.0 Å². The minimum absolute atomic E-state index is 0.175. The van der Waals surface area contributed by atoms with E-state index in [0.29, 0.717) is 38.7 Å². The summed E-state index contributed by atoms with van der Waals surface area (Å²) in [5, 5.41) is 0. The Hall–Kier alpha value is -2.97. The van der Waals surface area contributed by atoms with Gasteiger partial charge in [-0.3, -0.25) is 18.9 Å². The van der Waals surface area contributed by atoms with E-state index in [9.17, 15) is 9.59 Å². The van der Waals surface area contributed by atoms with E-state index in [1.165, 1.54) is 16.2 Å². The maximum Gasteiger partial charge on any atom is 0.267 e. The molecule has 5 rings (SSSR count). The van der Waals surface area contributed by atoms with Crippen molar-refractivity contribution in [2.75, 3.05) is 18.0 Å². The first-order valence-electron chi connectivity index (χ1n) is 11.5. The fourth-order valence-corrected chi connectivity index (χ4v) is 5.72. The Labute approximate surface area is 208 Å². The van der Waals surface area contributed by atoms with Crippen molar-refractivity contribution in [3.05, 3.63) is 80.6 Å². The molecule has 2 aliphatic rings. The number of aromatic nitrogens is 2. The molecule has 1 amide bonds. The fourth-order valence-electron chi connectivity index (χ4n) is 4.48. The zero-order valence-electron chi connectivity index (χ0n) is 19.2. The van der Waals surface area contributed by atoms with Crippen LogP contribution in [-0.2, 0) is 11.3 Å². The van der Waals surface area contributed by atoms with Gasteiger partial charge in [-0.25, -0.2) is 4.98 Å². The van der Waals surface area contributed by atoms with E-state index >= 15 is 0 Å². The standard InChI is InChI=1S/C26H26N4O2S2/c1-17-8-10-19(11-9-17)16-30-25(32)21(34-26(30)33)14-20-23(28-12-5-6-18(2)15-28)27-22-7-3-4-13-29(22)24(20)31/h3-4,7-11,13-14,18H,5-6,12,15-16H2,1-2H3/b21-14-/t18-/m0/s1. The minimum Gasteiger partial charge on any atom is -0.356 e. The number of fused-ring (bicyclic) bond motifs is 1. The van der Waals surface area contributed by atoms with E-state index < -0.39 is 0 Å². The molecule has 3 aromatic rings. The molecule has 1 atom stereocenters. The highest BCUT2D eigenvalue weighted by molar-refractivity contribution is 8.26. The summed E-state index contributed by atoms with van der Waals surface area (Å²) in [6.07, 6.45) is 5.62. The van der Waals surface area contributed by atoms with Crippen LogP contribution in [0, 0.1) is 12.8 Å². The summed E-state index contributed by atoms with van der Waals surface area (Å²) in [7, 11) is 0. The van der Waals surface area contributed by atoms with Gasteiger partial charge in [0.15, 0.2) is 0 Å². The van der Waals surface area contributed by atoms with Gasteiger partial charge in [0.2, 0.25) is 0 Å². The maximum atomic E-state index is 13.5. The van der Waals surface area contributed by atoms with Gasteiger partial charge in [-0.1, -0.05) is 66.8 Å². The second kappa shape index (κ2) is 9.35. The summed E-state index contributed by atoms with van der Waals surface area (Å²) in [6.45, 7) is 6.34. The van der Waals surface area contributed by atoms with Crippen LogP contribution < -0.4 is 10.5 Å². The number of carbonyl (C=O) groups is 1. The van der Waals surface area contributed by atoms with Gasteiger partial charge in [0.25, 0.3) is 11.5 Å². The highest BCUT2D eigenvalue weighted by Crippen LogP contribution is 2.35. The maximum absolute atomic E-state index is 13.5. The van der Waals surface area contributed by atoms with Crippen LogP contribution in [0.25, 0.3) is 11.7 Å². The molecule has 2 fully saturated rings. The molecule has 2 aromatic heterocycles. The molecule has 0 saturated carbocycles. The second-order valence-electron chi connectivity index (χ2n) is 9.03. The Balaban J connectivity index is 1.55. The summed E-state index contributed by atoms with van der Waals surface area (Å²) >= 11 is 6.78. The number of nitrogens with zero attached hydrogens (tertiary/aromatic N) is 4. The Bertz CT molecular complexity index is 1360. The first-order valence-corrected chi connectivity index (χ1v) is 12.7. The third kappa shape index (κ3) is 4.40. The molecule has 6 nitrogen and oxygen atoms in total. The average Bonchev–Trinajstić information content (AvgIpc) is 3.09. The van der Waals surface area contributed by atoms with Crippen molar-refractivity contribution in [3.63, 3.8) is 0 Å². The molecular weight excluding hydrogens is 464 g/mol. The summed E-state index contributed by atoms with van der Waals surface area (Å²) < 4.78 is 2.04. The topological polar surface area (TPSA) is 57.9 Å². The Kier molecular flexibility index (Phi) is 6.27. The molecular formula is C26H26N4O2S2. The lowest BCUT2D eigenvalue weighted by Crippen LogP contribution is -2.37. The third-order valence-corrected chi connectivity index (χ3v) is 7.69. The Morgan fingerprint density at radius 2 is 1.97 bits per heavy atom. The van der Waals surface area contributed by atoms with Gasteiger partial charge in [-0.2, -0.15) is 0 Å². The number of rotatable bonds is 4. The SMILES string of the molecule is Cc1ccc(CN2C(=O)/C(=C/c3c(N4CCC[C@H](C)C4)nc4ccccn4c3=O)SC2=S)cc1. The van der Waals surface area contributed by atoms with Crippen molar-refractivity contribution < 1.29 is 4.79 Å². The van der Waals surface area contributed by atoms with Gasteiger partial charge in [0.05, 0.1) is 17.0 Å².